The van der Waals surface area contributed by atoms with E-state index < -0.39 is 0 Å². The highest BCUT2D eigenvalue weighted by Gasteiger charge is 2.35. The van der Waals surface area contributed by atoms with Gasteiger partial charge >= 0.3 is 0 Å². The van der Waals surface area contributed by atoms with Crippen LogP contribution in [-0.4, -0.2) is 42.0 Å². The van der Waals surface area contributed by atoms with Gasteiger partial charge in [-0.2, -0.15) is 17.0 Å². The van der Waals surface area contributed by atoms with Gasteiger partial charge in [-0.1, -0.05) is 12.1 Å². The summed E-state index contributed by atoms with van der Waals surface area (Å²) >= 11 is 1.65. The highest BCUT2D eigenvalue weighted by atomic mass is 32.2. The van der Waals surface area contributed by atoms with E-state index in [1.165, 1.54) is 4.90 Å². The van der Waals surface area contributed by atoms with Crippen LogP contribution in [0.5, 0.6) is 0 Å². The number of thioether (sulfide) groups is 1. The van der Waals surface area contributed by atoms with Crippen LogP contribution in [0.2, 0.25) is 0 Å². The molecule has 0 radical (unpaired) electrons. The maximum atomic E-state index is 12.4. The van der Waals surface area contributed by atoms with Crippen LogP contribution in [0.4, 0.5) is 0 Å². The van der Waals surface area contributed by atoms with Gasteiger partial charge in [0, 0.05) is 19.3 Å². The Morgan fingerprint density at radius 1 is 1.18 bits per heavy atom. The molecule has 1 aliphatic heterocycles. The van der Waals surface area contributed by atoms with Crippen LogP contribution in [0.1, 0.15) is 32.2 Å². The Morgan fingerprint density at radius 3 is 2.50 bits per heavy atom. The molecule has 0 saturated heterocycles. The first-order valence-corrected chi connectivity index (χ1v) is 9.76. The van der Waals surface area contributed by atoms with Crippen molar-refractivity contribution in [3.05, 3.63) is 59.0 Å². The summed E-state index contributed by atoms with van der Waals surface area (Å²) in [6, 6.07) is 10.5. The molecule has 144 valence electrons. The minimum Gasteiger partial charge on any atom is -0.463 e. The number of nitrogens with one attached hydrogen (secondary N) is 2. The molecule has 0 aliphatic carbocycles. The average Bonchev–Trinajstić information content (AvgIpc) is 3.26. The number of aliphatic imine (C=N–C) groups is 1. The number of benzene rings is 1. The van der Waals surface area contributed by atoms with E-state index in [0.717, 1.165) is 11.5 Å². The third-order valence-corrected chi connectivity index (χ3v) is 5.07. The Kier molecular flexibility index (Phi) is 6.34. The number of furan rings is 1. The monoisotopic (exact) mass is 397 g/mol. The molecule has 3 rings (SSSR count). The molecule has 1 aromatic heterocycles. The molecule has 0 fully saturated rings. The Labute approximate surface area is 166 Å². The number of hydrogen-bond donors (Lipinski definition) is 2. The molecule has 28 heavy (non-hydrogen) atoms. The number of carbonyl (C=O) groups excluding carboxylic acids is 2. The Morgan fingerprint density at radius 2 is 1.86 bits per heavy atom. The highest BCUT2D eigenvalue weighted by Crippen LogP contribution is 2.25. The third kappa shape index (κ3) is 4.35. The summed E-state index contributed by atoms with van der Waals surface area (Å²) in [5.74, 6) is 2.65. The average molecular weight is 397 g/mol. The SMILES string of the molecule is CN=C(NC#N)NCCSCc1ccc(CN2C(=O)c3ccccc3C2=O)o1. The first-order chi connectivity index (χ1) is 13.6. The molecule has 0 unspecified atom stereocenters. The number of fused-ring (bicyclic) bond motifs is 1. The first kappa shape index (κ1) is 19.5. The zero-order valence-corrected chi connectivity index (χ0v) is 16.1. The van der Waals surface area contributed by atoms with Gasteiger partial charge < -0.3 is 9.73 Å². The summed E-state index contributed by atoms with van der Waals surface area (Å²) in [7, 11) is 1.60. The van der Waals surface area contributed by atoms with Gasteiger partial charge in [0.05, 0.1) is 23.4 Å². The number of hydrogen-bond acceptors (Lipinski definition) is 6. The molecule has 2 amide bonds. The van der Waals surface area contributed by atoms with Crippen LogP contribution in [-0.2, 0) is 12.3 Å². The summed E-state index contributed by atoms with van der Waals surface area (Å²) in [6.45, 7) is 0.767. The van der Waals surface area contributed by atoms with Crippen molar-refractivity contribution in [2.45, 2.75) is 12.3 Å². The molecule has 0 saturated carbocycles. The second-order valence-electron chi connectivity index (χ2n) is 5.90. The summed E-state index contributed by atoms with van der Waals surface area (Å²) in [4.78, 5) is 29.9. The molecule has 1 aliphatic rings. The molecular weight excluding hydrogens is 378 g/mol. The minimum atomic E-state index is -0.293. The molecule has 2 heterocycles. The van der Waals surface area contributed by atoms with Crippen molar-refractivity contribution in [1.29, 1.82) is 5.26 Å². The zero-order chi connectivity index (χ0) is 19.9. The Hall–Kier alpha value is -3.25. The van der Waals surface area contributed by atoms with Crippen LogP contribution >= 0.6 is 11.8 Å². The maximum absolute atomic E-state index is 12.4. The summed E-state index contributed by atoms with van der Waals surface area (Å²) < 4.78 is 5.76. The fraction of sp³-hybridized carbons (Fsp3) is 0.263. The van der Waals surface area contributed by atoms with Crippen LogP contribution < -0.4 is 10.6 Å². The lowest BCUT2D eigenvalue weighted by atomic mass is 10.1. The van der Waals surface area contributed by atoms with E-state index in [2.05, 4.69) is 15.6 Å². The minimum absolute atomic E-state index is 0.120. The van der Waals surface area contributed by atoms with Gasteiger partial charge in [-0.3, -0.25) is 24.8 Å². The van der Waals surface area contributed by atoms with Crippen LogP contribution in [0.3, 0.4) is 0 Å². The van der Waals surface area contributed by atoms with Crippen molar-refractivity contribution >= 4 is 29.5 Å². The number of nitriles is 1. The lowest BCUT2D eigenvalue weighted by Crippen LogP contribution is -2.35. The van der Waals surface area contributed by atoms with E-state index in [0.29, 0.717) is 35.1 Å². The number of rotatable bonds is 7. The predicted molar refractivity (Wildman–Crippen MR) is 106 cm³/mol. The number of imide groups is 1. The van der Waals surface area contributed by atoms with E-state index in [-0.39, 0.29) is 18.4 Å². The highest BCUT2D eigenvalue weighted by molar-refractivity contribution is 7.98. The van der Waals surface area contributed by atoms with Gasteiger partial charge in [-0.25, -0.2) is 0 Å². The number of nitrogens with zero attached hydrogens (tertiary/aromatic N) is 3. The number of amides is 2. The van der Waals surface area contributed by atoms with Crippen molar-refractivity contribution in [2.24, 2.45) is 4.99 Å². The van der Waals surface area contributed by atoms with Gasteiger partial charge in [0.25, 0.3) is 11.8 Å². The lowest BCUT2D eigenvalue weighted by molar-refractivity contribution is 0.0631. The van der Waals surface area contributed by atoms with E-state index in [4.69, 9.17) is 9.68 Å². The van der Waals surface area contributed by atoms with E-state index in [1.807, 2.05) is 12.3 Å². The number of carbonyl (C=O) groups is 2. The second kappa shape index (κ2) is 9.10. The van der Waals surface area contributed by atoms with E-state index in [9.17, 15) is 9.59 Å². The van der Waals surface area contributed by atoms with Gasteiger partial charge in [-0.15, -0.1) is 0 Å². The standard InChI is InChI=1S/C19H19N5O3S/c1-21-19(23-12-20)22-8-9-28-11-14-7-6-13(27-14)10-24-17(25)15-4-2-3-5-16(15)18(24)26/h2-7H,8-11H2,1H3,(H2,21,22,23). The van der Waals surface area contributed by atoms with Crippen molar-refractivity contribution in [3.8, 4) is 6.19 Å². The van der Waals surface area contributed by atoms with Crippen molar-refractivity contribution in [1.82, 2.24) is 15.5 Å². The van der Waals surface area contributed by atoms with Crippen molar-refractivity contribution in [3.63, 3.8) is 0 Å². The summed E-state index contributed by atoms with van der Waals surface area (Å²) in [6.07, 6.45) is 1.81. The molecule has 2 N–H and O–H groups in total. The Balaban J connectivity index is 1.47. The van der Waals surface area contributed by atoms with E-state index >= 15 is 0 Å². The molecule has 1 aromatic carbocycles. The van der Waals surface area contributed by atoms with Gasteiger partial charge in [0.15, 0.2) is 6.19 Å². The molecule has 2 aromatic rings. The van der Waals surface area contributed by atoms with E-state index in [1.54, 1.807) is 49.1 Å². The molecule has 0 atom stereocenters. The summed E-state index contributed by atoms with van der Waals surface area (Å²) in [5.41, 5.74) is 0.867. The van der Waals surface area contributed by atoms with Gasteiger partial charge in [0.1, 0.15) is 11.5 Å². The van der Waals surface area contributed by atoms with Gasteiger partial charge in [-0.05, 0) is 24.3 Å². The maximum Gasteiger partial charge on any atom is 0.261 e. The third-order valence-electron chi connectivity index (χ3n) is 4.09. The quantitative estimate of drug-likeness (QED) is 0.183. The fourth-order valence-corrected chi connectivity index (χ4v) is 3.52. The molecule has 0 bridgehead atoms. The molecule has 9 heteroatoms. The van der Waals surface area contributed by atoms with Crippen LogP contribution in [0, 0.1) is 11.5 Å². The second-order valence-corrected chi connectivity index (χ2v) is 7.00. The zero-order valence-electron chi connectivity index (χ0n) is 15.3. The first-order valence-electron chi connectivity index (χ1n) is 8.60. The Bertz CT molecular complexity index is 912. The topological polar surface area (TPSA) is 111 Å². The number of guanidine groups is 1. The van der Waals surface area contributed by atoms with Crippen LogP contribution in [0.15, 0.2) is 45.8 Å². The predicted octanol–water partition coefficient (Wildman–Crippen LogP) is 1.96. The largest absolute Gasteiger partial charge is 0.463 e. The van der Waals surface area contributed by atoms with Crippen molar-refractivity contribution in [2.75, 3.05) is 19.3 Å². The van der Waals surface area contributed by atoms with Crippen molar-refractivity contribution < 1.29 is 14.0 Å². The summed E-state index contributed by atoms with van der Waals surface area (Å²) in [5, 5.41) is 14.0. The molecule has 8 nitrogen and oxygen atoms in total. The smallest absolute Gasteiger partial charge is 0.261 e. The van der Waals surface area contributed by atoms with Crippen LogP contribution in [0.25, 0.3) is 0 Å². The molecule has 0 spiro atoms. The lowest BCUT2D eigenvalue weighted by Gasteiger charge is -2.11. The van der Waals surface area contributed by atoms with Gasteiger partial charge in [0.2, 0.25) is 5.96 Å². The molecular formula is C19H19N5O3S. The normalized spacial score (nSPS) is 13.4. The fourth-order valence-electron chi connectivity index (χ4n) is 2.77.